The van der Waals surface area contributed by atoms with Gasteiger partial charge in [-0.15, -0.1) is 0 Å². The Kier molecular flexibility index (Phi) is 9.76. The zero-order valence-electron chi connectivity index (χ0n) is 21.1. The summed E-state index contributed by atoms with van der Waals surface area (Å²) in [7, 11) is -4.30. The Bertz CT molecular complexity index is 1400. The first-order valence-corrected chi connectivity index (χ1v) is 14.0. The van der Waals surface area contributed by atoms with Crippen molar-refractivity contribution in [1.82, 2.24) is 10.2 Å². The molecule has 11 heteroatoms. The summed E-state index contributed by atoms with van der Waals surface area (Å²) in [5, 5.41) is 2.99. The third-order valence-corrected chi connectivity index (χ3v) is 8.01. The van der Waals surface area contributed by atoms with Gasteiger partial charge in [-0.1, -0.05) is 59.6 Å². The number of nitrogens with zero attached hydrogens (tertiary/aromatic N) is 2. The van der Waals surface area contributed by atoms with Crippen molar-refractivity contribution in [2.75, 3.05) is 10.8 Å². The third kappa shape index (κ3) is 7.03. The van der Waals surface area contributed by atoms with E-state index in [-0.39, 0.29) is 38.8 Å². The van der Waals surface area contributed by atoms with Crippen LogP contribution in [0.15, 0.2) is 77.7 Å². The lowest BCUT2D eigenvalue weighted by molar-refractivity contribution is -0.139. The number of hydrogen-bond donors (Lipinski definition) is 1. The van der Waals surface area contributed by atoms with Gasteiger partial charge in [-0.05, 0) is 57.2 Å². The van der Waals surface area contributed by atoms with Crippen LogP contribution in [0.1, 0.15) is 26.3 Å². The molecule has 2 amide bonds. The minimum Gasteiger partial charge on any atom is -0.352 e. The summed E-state index contributed by atoms with van der Waals surface area (Å²) in [5.74, 6) is -1.77. The van der Waals surface area contributed by atoms with Crippen LogP contribution in [0.3, 0.4) is 0 Å². The molecule has 0 saturated heterocycles. The van der Waals surface area contributed by atoms with Crippen molar-refractivity contribution in [1.29, 1.82) is 0 Å². The highest BCUT2D eigenvalue weighted by atomic mass is 35.5. The van der Waals surface area contributed by atoms with Gasteiger partial charge in [0.15, 0.2) is 0 Å². The molecule has 0 aliphatic rings. The van der Waals surface area contributed by atoms with Crippen molar-refractivity contribution in [2.45, 2.75) is 44.3 Å². The largest absolute Gasteiger partial charge is 0.352 e. The van der Waals surface area contributed by atoms with Gasteiger partial charge >= 0.3 is 0 Å². The molecule has 0 aliphatic heterocycles. The fraction of sp³-hybridized carbons (Fsp3) is 0.259. The highest BCUT2D eigenvalue weighted by Crippen LogP contribution is 2.33. The summed E-state index contributed by atoms with van der Waals surface area (Å²) in [5.41, 5.74) is 0.157. The fourth-order valence-electron chi connectivity index (χ4n) is 3.71. The van der Waals surface area contributed by atoms with E-state index < -0.39 is 40.2 Å². The summed E-state index contributed by atoms with van der Waals surface area (Å²) < 4.78 is 42.9. The quantitative estimate of drug-likeness (QED) is 0.354. The van der Waals surface area contributed by atoms with Crippen LogP contribution in [0.4, 0.5) is 10.1 Å². The normalized spacial score (nSPS) is 12.2. The van der Waals surface area contributed by atoms with E-state index in [0.29, 0.717) is 0 Å². The second-order valence-corrected chi connectivity index (χ2v) is 11.6. The predicted octanol–water partition coefficient (Wildman–Crippen LogP) is 5.27. The van der Waals surface area contributed by atoms with Crippen LogP contribution in [-0.4, -0.2) is 43.8 Å². The molecule has 0 radical (unpaired) electrons. The number of hydrogen-bond acceptors (Lipinski definition) is 4. The van der Waals surface area contributed by atoms with E-state index >= 15 is 0 Å². The number of carbonyl (C=O) groups is 2. The van der Waals surface area contributed by atoms with Gasteiger partial charge in [0.05, 0.1) is 15.6 Å². The molecule has 3 aromatic rings. The molecular formula is C27H28Cl2FN3O4S. The van der Waals surface area contributed by atoms with Gasteiger partial charge in [-0.2, -0.15) is 0 Å². The van der Waals surface area contributed by atoms with E-state index in [1.165, 1.54) is 55.5 Å². The topological polar surface area (TPSA) is 86.8 Å². The van der Waals surface area contributed by atoms with Crippen LogP contribution in [0.25, 0.3) is 0 Å². The molecule has 3 rings (SSSR count). The molecule has 38 heavy (non-hydrogen) atoms. The maximum atomic E-state index is 14.5. The molecule has 7 nitrogen and oxygen atoms in total. The van der Waals surface area contributed by atoms with Gasteiger partial charge in [0.1, 0.15) is 18.4 Å². The second kappa shape index (κ2) is 12.6. The lowest BCUT2D eigenvalue weighted by atomic mass is 10.1. The number of nitrogens with one attached hydrogen (secondary N) is 1. The van der Waals surface area contributed by atoms with E-state index in [4.69, 9.17) is 23.2 Å². The number of halogens is 3. The van der Waals surface area contributed by atoms with Crippen molar-refractivity contribution >= 4 is 50.7 Å². The molecule has 202 valence electrons. The van der Waals surface area contributed by atoms with Crippen molar-refractivity contribution in [3.05, 3.63) is 94.2 Å². The summed E-state index contributed by atoms with van der Waals surface area (Å²) in [6, 6.07) is 16.4. The maximum absolute atomic E-state index is 14.5. The van der Waals surface area contributed by atoms with Crippen LogP contribution in [0.5, 0.6) is 0 Å². The van der Waals surface area contributed by atoms with Gasteiger partial charge in [0, 0.05) is 23.2 Å². The molecular weight excluding hydrogens is 552 g/mol. The number of amides is 2. The summed E-state index contributed by atoms with van der Waals surface area (Å²) in [6.07, 6.45) is 0. The highest BCUT2D eigenvalue weighted by Gasteiger charge is 2.33. The van der Waals surface area contributed by atoms with Crippen LogP contribution >= 0.6 is 23.2 Å². The molecule has 0 heterocycles. The lowest BCUT2D eigenvalue weighted by Crippen LogP contribution is -2.52. The first-order chi connectivity index (χ1) is 17.9. The summed E-state index contributed by atoms with van der Waals surface area (Å²) in [6.45, 7) is 4.05. The smallest absolute Gasteiger partial charge is 0.264 e. The number of anilines is 1. The summed E-state index contributed by atoms with van der Waals surface area (Å²) >= 11 is 12.5. The number of benzene rings is 3. The van der Waals surface area contributed by atoms with E-state index in [9.17, 15) is 22.4 Å². The summed E-state index contributed by atoms with van der Waals surface area (Å²) in [4.78, 5) is 27.7. The molecule has 0 saturated carbocycles. The molecule has 0 aromatic heterocycles. The molecule has 1 atom stereocenters. The molecule has 0 aliphatic carbocycles. The first kappa shape index (κ1) is 29.4. The highest BCUT2D eigenvalue weighted by molar-refractivity contribution is 7.92. The van der Waals surface area contributed by atoms with Crippen molar-refractivity contribution < 1.29 is 22.4 Å². The standard InChI is InChI=1S/C27H28Cl2FN3O4S/c1-18(2)31-27(35)19(3)32(16-20-9-7-8-12-24(20)30)26(34)17-33(25-15-21(28)13-14-23(25)29)38(36,37)22-10-5-4-6-11-22/h4-15,18-19H,16-17H2,1-3H3,(H,31,35)/t19-/m0/s1. The SMILES string of the molecule is CC(C)NC(=O)[C@H](C)N(Cc1ccccc1F)C(=O)CN(c1cc(Cl)ccc1Cl)S(=O)(=O)c1ccccc1. The Morgan fingerprint density at radius 2 is 1.58 bits per heavy atom. The average Bonchev–Trinajstić information content (AvgIpc) is 2.88. The van der Waals surface area contributed by atoms with Gasteiger partial charge < -0.3 is 10.2 Å². The zero-order chi connectivity index (χ0) is 28.0. The number of sulfonamides is 1. The Balaban J connectivity index is 2.08. The van der Waals surface area contributed by atoms with E-state index in [1.54, 1.807) is 38.1 Å². The predicted molar refractivity (Wildman–Crippen MR) is 147 cm³/mol. The van der Waals surface area contributed by atoms with Crippen LogP contribution in [0.2, 0.25) is 10.0 Å². The zero-order valence-corrected chi connectivity index (χ0v) is 23.4. The number of carbonyl (C=O) groups excluding carboxylic acids is 2. The van der Waals surface area contributed by atoms with Gasteiger partial charge in [0.25, 0.3) is 10.0 Å². The van der Waals surface area contributed by atoms with Crippen LogP contribution in [-0.2, 0) is 26.2 Å². The molecule has 0 bridgehead atoms. The Morgan fingerprint density at radius 1 is 0.947 bits per heavy atom. The van der Waals surface area contributed by atoms with Gasteiger partial charge in [-0.25, -0.2) is 12.8 Å². The van der Waals surface area contributed by atoms with Crippen molar-refractivity contribution in [2.24, 2.45) is 0 Å². The van der Waals surface area contributed by atoms with Crippen LogP contribution < -0.4 is 9.62 Å². The van der Waals surface area contributed by atoms with Gasteiger partial charge in [-0.3, -0.25) is 13.9 Å². The monoisotopic (exact) mass is 579 g/mol. The lowest BCUT2D eigenvalue weighted by Gasteiger charge is -2.32. The van der Waals surface area contributed by atoms with E-state index in [1.807, 2.05) is 0 Å². The number of rotatable bonds is 10. The van der Waals surface area contributed by atoms with Crippen LogP contribution in [0, 0.1) is 5.82 Å². The Morgan fingerprint density at radius 3 is 2.21 bits per heavy atom. The molecule has 0 unspecified atom stereocenters. The minimum atomic E-state index is -4.30. The molecule has 1 N–H and O–H groups in total. The average molecular weight is 581 g/mol. The van der Waals surface area contributed by atoms with Gasteiger partial charge in [0.2, 0.25) is 11.8 Å². The molecule has 3 aromatic carbocycles. The van der Waals surface area contributed by atoms with E-state index in [0.717, 1.165) is 9.21 Å². The Labute approximate surface area is 232 Å². The van der Waals surface area contributed by atoms with Crippen molar-refractivity contribution in [3.8, 4) is 0 Å². The second-order valence-electron chi connectivity index (χ2n) is 8.87. The van der Waals surface area contributed by atoms with Crippen molar-refractivity contribution in [3.63, 3.8) is 0 Å². The third-order valence-electron chi connectivity index (χ3n) is 5.68. The maximum Gasteiger partial charge on any atom is 0.264 e. The molecule has 0 fully saturated rings. The van der Waals surface area contributed by atoms with E-state index in [2.05, 4.69) is 5.32 Å². The minimum absolute atomic E-state index is 0.0125. The Hall–Kier alpha value is -3.14. The molecule has 0 spiro atoms. The fourth-order valence-corrected chi connectivity index (χ4v) is 5.59. The first-order valence-electron chi connectivity index (χ1n) is 11.8.